The van der Waals surface area contributed by atoms with Gasteiger partial charge in [-0.1, -0.05) is 47.0 Å². The number of carbonyl (C=O) groups excluding carboxylic acids is 2. The Hall–Kier alpha value is -1.65. The molecule has 146 valence electrons. The fraction of sp³-hybridized carbons (Fsp3) is 0.762. The molecule has 1 aliphatic heterocycles. The Kier molecular flexibility index (Phi) is 6.64. The molecule has 1 unspecified atom stereocenters. The molecule has 0 bridgehead atoms. The van der Waals surface area contributed by atoms with E-state index in [0.29, 0.717) is 18.0 Å². The van der Waals surface area contributed by atoms with Crippen molar-refractivity contribution in [2.24, 2.45) is 22.7 Å². The average molecular weight is 363 g/mol. The average Bonchev–Trinajstić information content (AvgIpc) is 2.89. The van der Waals surface area contributed by atoms with E-state index in [0.717, 1.165) is 31.3 Å². The van der Waals surface area contributed by atoms with Crippen molar-refractivity contribution in [2.75, 3.05) is 6.61 Å². The van der Waals surface area contributed by atoms with Crippen molar-refractivity contribution in [3.8, 4) is 0 Å². The van der Waals surface area contributed by atoms with Crippen molar-refractivity contribution in [3.63, 3.8) is 0 Å². The van der Waals surface area contributed by atoms with E-state index in [1.54, 1.807) is 0 Å². The summed E-state index contributed by atoms with van der Waals surface area (Å²) in [5.74, 6) is 0.827. The van der Waals surface area contributed by atoms with Gasteiger partial charge < -0.3 is 10.1 Å². The van der Waals surface area contributed by atoms with Gasteiger partial charge in [0.1, 0.15) is 11.4 Å². The molecule has 0 spiro atoms. The Morgan fingerprint density at radius 1 is 1.23 bits per heavy atom. The number of aliphatic imine (C=N–C) groups is 1. The summed E-state index contributed by atoms with van der Waals surface area (Å²) in [6.07, 6.45) is 5.56. The molecule has 0 aromatic carbocycles. The van der Waals surface area contributed by atoms with E-state index in [2.05, 4.69) is 5.32 Å². The first-order valence-corrected chi connectivity index (χ1v) is 9.96. The molecule has 5 heteroatoms. The lowest BCUT2D eigenvalue weighted by Gasteiger charge is -2.26. The molecule has 0 aromatic rings. The third kappa shape index (κ3) is 4.36. The molecular formula is C21H34N2O3. The molecule has 1 heterocycles. The molecule has 2 rings (SSSR count). The van der Waals surface area contributed by atoms with Gasteiger partial charge in [0, 0.05) is 11.1 Å². The van der Waals surface area contributed by atoms with Crippen LogP contribution >= 0.6 is 0 Å². The summed E-state index contributed by atoms with van der Waals surface area (Å²) in [6.45, 7) is 12.1. The maximum absolute atomic E-state index is 12.6. The summed E-state index contributed by atoms with van der Waals surface area (Å²) in [5, 5.41) is 2.97. The summed E-state index contributed by atoms with van der Waals surface area (Å²) in [6, 6.07) is 0. The van der Waals surface area contributed by atoms with Crippen LogP contribution in [0.5, 0.6) is 0 Å². The van der Waals surface area contributed by atoms with Crippen molar-refractivity contribution < 1.29 is 14.3 Å². The quantitative estimate of drug-likeness (QED) is 0.573. The molecule has 1 amide bonds. The molecule has 0 saturated heterocycles. The molecule has 0 aromatic heterocycles. The smallest absolute Gasteiger partial charge is 0.334 e. The number of ether oxygens (including phenoxy) is 1. The molecule has 1 aliphatic carbocycles. The number of esters is 1. The van der Waals surface area contributed by atoms with Crippen LogP contribution in [0.15, 0.2) is 16.1 Å². The van der Waals surface area contributed by atoms with Gasteiger partial charge in [0.05, 0.1) is 6.61 Å². The maximum atomic E-state index is 12.6. The van der Waals surface area contributed by atoms with Gasteiger partial charge in [-0.2, -0.15) is 0 Å². The van der Waals surface area contributed by atoms with Crippen LogP contribution in [0.25, 0.3) is 0 Å². The molecule has 2 aliphatic rings. The molecule has 1 atom stereocenters. The van der Waals surface area contributed by atoms with Crippen LogP contribution in [-0.2, 0) is 14.3 Å². The standard InChI is InChI=1S/C21H34N2O3/c1-13(2)12-26-19(24)15(5)17(16-10-8-7-9-11-16)18-22-20(25)21(6,23-18)14(3)4/h13-14,16H,7-12H2,1-6H3,(H,22,23,25)/b17-15-. The van der Waals surface area contributed by atoms with Crippen LogP contribution in [0.2, 0.25) is 0 Å². The lowest BCUT2D eigenvalue weighted by Crippen LogP contribution is -2.41. The zero-order valence-electron chi connectivity index (χ0n) is 17.1. The molecule has 1 N–H and O–H groups in total. The van der Waals surface area contributed by atoms with Crippen LogP contribution in [0.1, 0.15) is 73.6 Å². The molecule has 5 nitrogen and oxygen atoms in total. The lowest BCUT2D eigenvalue weighted by molar-refractivity contribution is -0.140. The summed E-state index contributed by atoms with van der Waals surface area (Å²) in [5.41, 5.74) is 0.693. The second-order valence-corrected chi connectivity index (χ2v) is 8.58. The number of amides is 1. The third-order valence-corrected chi connectivity index (χ3v) is 5.69. The molecule has 1 saturated carbocycles. The van der Waals surface area contributed by atoms with Gasteiger partial charge >= 0.3 is 5.97 Å². The minimum Gasteiger partial charge on any atom is -0.462 e. The van der Waals surface area contributed by atoms with E-state index >= 15 is 0 Å². The Morgan fingerprint density at radius 3 is 2.35 bits per heavy atom. The summed E-state index contributed by atoms with van der Waals surface area (Å²) in [4.78, 5) is 30.0. The largest absolute Gasteiger partial charge is 0.462 e. The number of nitrogens with zero attached hydrogens (tertiary/aromatic N) is 1. The number of hydrogen-bond donors (Lipinski definition) is 1. The fourth-order valence-electron chi connectivity index (χ4n) is 3.59. The molecular weight excluding hydrogens is 328 g/mol. The molecule has 1 fully saturated rings. The number of nitrogens with one attached hydrogen (secondary N) is 1. The first-order chi connectivity index (χ1) is 12.2. The highest BCUT2D eigenvalue weighted by Crippen LogP contribution is 2.35. The topological polar surface area (TPSA) is 67.8 Å². The van der Waals surface area contributed by atoms with E-state index in [1.165, 1.54) is 6.42 Å². The van der Waals surface area contributed by atoms with Gasteiger partial charge in [-0.25, -0.2) is 4.79 Å². The van der Waals surface area contributed by atoms with Crippen LogP contribution in [0.4, 0.5) is 0 Å². The highest BCUT2D eigenvalue weighted by Gasteiger charge is 2.43. The Morgan fingerprint density at radius 2 is 1.85 bits per heavy atom. The first-order valence-electron chi connectivity index (χ1n) is 9.96. The zero-order chi connectivity index (χ0) is 19.5. The first kappa shape index (κ1) is 20.7. The van der Waals surface area contributed by atoms with Gasteiger partial charge in [-0.15, -0.1) is 0 Å². The monoisotopic (exact) mass is 362 g/mol. The highest BCUT2D eigenvalue weighted by molar-refractivity contribution is 6.17. The maximum Gasteiger partial charge on any atom is 0.334 e. The van der Waals surface area contributed by atoms with Crippen molar-refractivity contribution in [2.45, 2.75) is 79.2 Å². The van der Waals surface area contributed by atoms with E-state index in [9.17, 15) is 9.59 Å². The van der Waals surface area contributed by atoms with E-state index in [1.807, 2.05) is 41.5 Å². The fourth-order valence-corrected chi connectivity index (χ4v) is 3.59. The van der Waals surface area contributed by atoms with Crippen LogP contribution in [0.3, 0.4) is 0 Å². The van der Waals surface area contributed by atoms with Gasteiger partial charge in [0.2, 0.25) is 0 Å². The summed E-state index contributed by atoms with van der Waals surface area (Å²) in [7, 11) is 0. The normalized spacial score (nSPS) is 25.2. The van der Waals surface area contributed by atoms with Crippen LogP contribution < -0.4 is 5.32 Å². The lowest BCUT2D eigenvalue weighted by atomic mass is 9.81. The van der Waals surface area contributed by atoms with E-state index in [4.69, 9.17) is 9.73 Å². The minimum atomic E-state index is -0.780. The Bertz CT molecular complexity index is 613. The van der Waals surface area contributed by atoms with Crippen molar-refractivity contribution in [3.05, 3.63) is 11.1 Å². The minimum absolute atomic E-state index is 0.0841. The second-order valence-electron chi connectivity index (χ2n) is 8.58. The Labute approximate surface area is 157 Å². The van der Waals surface area contributed by atoms with Gasteiger partial charge in [-0.3, -0.25) is 9.79 Å². The predicted octanol–water partition coefficient (Wildman–Crippen LogP) is 4.03. The highest BCUT2D eigenvalue weighted by atomic mass is 16.5. The van der Waals surface area contributed by atoms with Crippen LogP contribution in [0, 0.1) is 17.8 Å². The third-order valence-electron chi connectivity index (χ3n) is 5.69. The van der Waals surface area contributed by atoms with E-state index in [-0.39, 0.29) is 29.6 Å². The second kappa shape index (κ2) is 8.36. The Balaban J connectivity index is 2.40. The SMILES string of the molecule is C/C(C(=O)OCC(C)C)=C(/C1=NC(C)(C(C)C)C(=O)N1)C1CCCCC1. The van der Waals surface area contributed by atoms with Crippen molar-refractivity contribution in [1.82, 2.24) is 5.32 Å². The van der Waals surface area contributed by atoms with Gasteiger partial charge in [0.25, 0.3) is 5.91 Å². The zero-order valence-corrected chi connectivity index (χ0v) is 17.1. The van der Waals surface area contributed by atoms with Crippen molar-refractivity contribution >= 4 is 17.7 Å². The van der Waals surface area contributed by atoms with Gasteiger partial charge in [-0.05, 0) is 44.4 Å². The van der Waals surface area contributed by atoms with Crippen LogP contribution in [-0.4, -0.2) is 29.9 Å². The summed E-state index contributed by atoms with van der Waals surface area (Å²) >= 11 is 0. The van der Waals surface area contributed by atoms with E-state index < -0.39 is 5.54 Å². The van der Waals surface area contributed by atoms with Gasteiger partial charge in [0.15, 0.2) is 0 Å². The molecule has 0 radical (unpaired) electrons. The summed E-state index contributed by atoms with van der Waals surface area (Å²) < 4.78 is 5.46. The van der Waals surface area contributed by atoms with Crippen molar-refractivity contribution in [1.29, 1.82) is 0 Å². The number of carbonyl (C=O) groups is 2. The number of amidine groups is 1. The predicted molar refractivity (Wildman–Crippen MR) is 104 cm³/mol. The number of rotatable bonds is 6. The molecule has 26 heavy (non-hydrogen) atoms. The number of hydrogen-bond acceptors (Lipinski definition) is 4.